The molecule has 0 bridgehead atoms. The zero-order chi connectivity index (χ0) is 28.2. The molecule has 0 spiro atoms. The topological polar surface area (TPSA) is 53.1 Å². The van der Waals surface area contributed by atoms with E-state index < -0.39 is 0 Å². The van der Waals surface area contributed by atoms with E-state index in [9.17, 15) is 0 Å². The van der Waals surface area contributed by atoms with E-state index in [2.05, 4.69) is 63.9 Å². The van der Waals surface area contributed by atoms with Crippen molar-refractivity contribution in [3.8, 4) is 11.5 Å². The van der Waals surface area contributed by atoms with Crippen LogP contribution in [-0.4, -0.2) is 67.9 Å². The van der Waals surface area contributed by atoms with E-state index in [1.165, 1.54) is 33.5 Å². The van der Waals surface area contributed by atoms with Crippen LogP contribution in [0.2, 0.25) is 0 Å². The number of anilines is 1. The molecule has 214 valence electrons. The number of hydrogen-bond acceptors (Lipinski definition) is 7. The first-order valence-electron chi connectivity index (χ1n) is 14.7. The predicted octanol–water partition coefficient (Wildman–Crippen LogP) is 5.34. The van der Waals surface area contributed by atoms with Gasteiger partial charge in [-0.3, -0.25) is 14.8 Å². The Bertz CT molecular complexity index is 1460. The summed E-state index contributed by atoms with van der Waals surface area (Å²) in [6.45, 7) is 14.3. The SMILES string of the molecule is C=C/C=C\C1=C(C)NCC1CCN1COc2c(cc(CN3CCN(c4ccccc4OC)CC3)c3cccnc23)C1. The number of para-hydroxylation sites is 2. The molecule has 1 atom stereocenters. The van der Waals surface area contributed by atoms with Crippen molar-refractivity contribution < 1.29 is 9.47 Å². The Balaban J connectivity index is 1.14. The lowest BCUT2D eigenvalue weighted by Gasteiger charge is -2.37. The highest BCUT2D eigenvalue weighted by atomic mass is 16.5. The Labute approximate surface area is 243 Å². The lowest BCUT2D eigenvalue weighted by atomic mass is 9.96. The minimum Gasteiger partial charge on any atom is -0.495 e. The third-order valence-corrected chi connectivity index (χ3v) is 8.68. The molecule has 1 aromatic heterocycles. The van der Waals surface area contributed by atoms with Crippen molar-refractivity contribution in [2.45, 2.75) is 26.4 Å². The lowest BCUT2D eigenvalue weighted by molar-refractivity contribution is 0.0926. The summed E-state index contributed by atoms with van der Waals surface area (Å²) in [5.41, 5.74) is 7.42. The summed E-state index contributed by atoms with van der Waals surface area (Å²) < 4.78 is 12.0. The van der Waals surface area contributed by atoms with Crippen LogP contribution in [0.15, 0.2) is 84.7 Å². The fourth-order valence-electron chi connectivity index (χ4n) is 6.45. The predicted molar refractivity (Wildman–Crippen MR) is 166 cm³/mol. The molecule has 2 aromatic carbocycles. The molecule has 7 nitrogen and oxygen atoms in total. The first-order chi connectivity index (χ1) is 20.1. The van der Waals surface area contributed by atoms with Gasteiger partial charge in [-0.15, -0.1) is 0 Å². The molecule has 1 saturated heterocycles. The monoisotopic (exact) mass is 551 g/mol. The molecular weight excluding hydrogens is 510 g/mol. The lowest BCUT2D eigenvalue weighted by Crippen LogP contribution is -2.46. The summed E-state index contributed by atoms with van der Waals surface area (Å²) in [7, 11) is 1.75. The highest BCUT2D eigenvalue weighted by Crippen LogP contribution is 2.36. The normalized spacial score (nSPS) is 19.9. The Kier molecular flexibility index (Phi) is 8.26. The van der Waals surface area contributed by atoms with E-state index in [4.69, 9.17) is 14.5 Å². The number of fused-ring (bicyclic) bond motifs is 3. The number of aromatic nitrogens is 1. The molecule has 41 heavy (non-hydrogen) atoms. The van der Waals surface area contributed by atoms with E-state index in [-0.39, 0.29) is 0 Å². The van der Waals surface area contributed by atoms with Gasteiger partial charge in [0.2, 0.25) is 0 Å². The molecule has 7 heteroatoms. The van der Waals surface area contributed by atoms with E-state index >= 15 is 0 Å². The molecular formula is C34H41N5O2. The second-order valence-corrected chi connectivity index (χ2v) is 11.2. The van der Waals surface area contributed by atoms with Crippen LogP contribution in [0.5, 0.6) is 11.5 Å². The van der Waals surface area contributed by atoms with Crippen LogP contribution in [0.3, 0.4) is 0 Å². The number of nitrogens with zero attached hydrogens (tertiary/aromatic N) is 4. The van der Waals surface area contributed by atoms with Gasteiger partial charge >= 0.3 is 0 Å². The zero-order valence-corrected chi connectivity index (χ0v) is 24.3. The molecule has 4 heterocycles. The largest absolute Gasteiger partial charge is 0.495 e. The highest BCUT2D eigenvalue weighted by molar-refractivity contribution is 5.89. The van der Waals surface area contributed by atoms with Gasteiger partial charge in [0.25, 0.3) is 0 Å². The molecule has 1 fully saturated rings. The average Bonchev–Trinajstić information content (AvgIpc) is 3.37. The van der Waals surface area contributed by atoms with Crippen LogP contribution in [0.25, 0.3) is 10.9 Å². The van der Waals surface area contributed by atoms with Gasteiger partial charge in [-0.05, 0) is 48.7 Å². The van der Waals surface area contributed by atoms with Gasteiger partial charge in [-0.25, -0.2) is 0 Å². The van der Waals surface area contributed by atoms with E-state index in [1.807, 2.05) is 36.5 Å². The van der Waals surface area contributed by atoms with Gasteiger partial charge in [0, 0.05) is 81.1 Å². The smallest absolute Gasteiger partial charge is 0.152 e. The summed E-state index contributed by atoms with van der Waals surface area (Å²) in [6.07, 6.45) is 9.07. The van der Waals surface area contributed by atoms with Crippen molar-refractivity contribution in [3.05, 3.63) is 95.9 Å². The Morgan fingerprint density at radius 3 is 2.80 bits per heavy atom. The number of ether oxygens (including phenoxy) is 2. The number of nitrogens with one attached hydrogen (secondary N) is 1. The fraction of sp³-hybridized carbons (Fsp3) is 0.382. The van der Waals surface area contributed by atoms with Crippen LogP contribution in [0.1, 0.15) is 24.5 Å². The third-order valence-electron chi connectivity index (χ3n) is 8.68. The number of benzene rings is 2. The van der Waals surface area contributed by atoms with Crippen molar-refractivity contribution >= 4 is 16.6 Å². The molecule has 3 aromatic rings. The number of rotatable bonds is 9. The third kappa shape index (κ3) is 5.83. The minimum absolute atomic E-state index is 0.510. The molecule has 6 rings (SSSR count). The minimum atomic E-state index is 0.510. The Morgan fingerprint density at radius 2 is 1.98 bits per heavy atom. The molecule has 0 radical (unpaired) electrons. The number of methoxy groups -OCH3 is 1. The zero-order valence-electron chi connectivity index (χ0n) is 24.3. The van der Waals surface area contributed by atoms with E-state index in [0.29, 0.717) is 12.6 Å². The van der Waals surface area contributed by atoms with Crippen LogP contribution < -0.4 is 19.7 Å². The van der Waals surface area contributed by atoms with Crippen molar-refractivity contribution in [1.82, 2.24) is 20.1 Å². The number of hydrogen-bond donors (Lipinski definition) is 1. The summed E-state index contributed by atoms with van der Waals surface area (Å²) in [5.74, 6) is 2.41. The van der Waals surface area contributed by atoms with Gasteiger partial charge in [-0.1, -0.05) is 43.0 Å². The molecule has 0 saturated carbocycles. The van der Waals surface area contributed by atoms with Crippen LogP contribution in [-0.2, 0) is 13.1 Å². The maximum atomic E-state index is 6.38. The average molecular weight is 552 g/mol. The number of allylic oxidation sites excluding steroid dienone is 4. The van der Waals surface area contributed by atoms with Gasteiger partial charge in [0.05, 0.1) is 12.8 Å². The van der Waals surface area contributed by atoms with Crippen LogP contribution in [0, 0.1) is 5.92 Å². The van der Waals surface area contributed by atoms with E-state index in [0.717, 1.165) is 75.8 Å². The maximum Gasteiger partial charge on any atom is 0.152 e. The van der Waals surface area contributed by atoms with Gasteiger partial charge in [0.15, 0.2) is 5.75 Å². The molecule has 3 aliphatic rings. The van der Waals surface area contributed by atoms with Crippen molar-refractivity contribution in [1.29, 1.82) is 0 Å². The van der Waals surface area contributed by atoms with Crippen molar-refractivity contribution in [3.63, 3.8) is 0 Å². The molecule has 3 aliphatic heterocycles. The van der Waals surface area contributed by atoms with Gasteiger partial charge in [-0.2, -0.15) is 0 Å². The summed E-state index contributed by atoms with van der Waals surface area (Å²) >= 11 is 0. The van der Waals surface area contributed by atoms with Gasteiger partial charge in [0.1, 0.15) is 18.0 Å². The van der Waals surface area contributed by atoms with Gasteiger partial charge < -0.3 is 19.7 Å². The molecule has 0 aliphatic carbocycles. The summed E-state index contributed by atoms with van der Waals surface area (Å²) in [4.78, 5) is 12.2. The Hall–Kier alpha value is -3.81. The second-order valence-electron chi connectivity index (χ2n) is 11.2. The van der Waals surface area contributed by atoms with Crippen molar-refractivity contribution in [2.24, 2.45) is 5.92 Å². The van der Waals surface area contributed by atoms with Crippen LogP contribution in [0.4, 0.5) is 5.69 Å². The number of piperazine rings is 1. The summed E-state index contributed by atoms with van der Waals surface area (Å²) in [5, 5.41) is 4.74. The summed E-state index contributed by atoms with van der Waals surface area (Å²) in [6, 6.07) is 14.9. The molecule has 0 amide bonds. The van der Waals surface area contributed by atoms with Crippen molar-refractivity contribution in [2.75, 3.05) is 58.0 Å². The molecule has 1 unspecified atom stereocenters. The first-order valence-corrected chi connectivity index (χ1v) is 14.7. The van der Waals surface area contributed by atoms with Crippen LogP contribution >= 0.6 is 0 Å². The number of pyridine rings is 1. The standard InChI is InChI=1S/C34H41N5O2/c1-4-5-9-29-25(2)36-21-26(29)13-15-38-23-28-20-27(30-10-8-14-35-33(30)34(28)41-24-38)22-37-16-18-39(19-17-37)31-11-6-7-12-32(31)40-3/h4-12,14,20,26,36H,1,13,15-19,21-24H2,2-3H3/b9-5-. The Morgan fingerprint density at radius 1 is 1.12 bits per heavy atom. The first kappa shape index (κ1) is 27.4. The highest BCUT2D eigenvalue weighted by Gasteiger charge is 2.27. The second kappa shape index (κ2) is 12.4. The molecule has 1 N–H and O–H groups in total. The quantitative estimate of drug-likeness (QED) is 0.360. The maximum absolute atomic E-state index is 6.38. The fourth-order valence-corrected chi connectivity index (χ4v) is 6.45. The van der Waals surface area contributed by atoms with E-state index in [1.54, 1.807) is 7.11 Å².